The molecule has 1 saturated carbocycles. The highest BCUT2D eigenvalue weighted by Gasteiger charge is 2.41. The van der Waals surface area contributed by atoms with E-state index in [1.165, 1.54) is 67.9 Å². The van der Waals surface area contributed by atoms with Crippen molar-refractivity contribution in [2.24, 2.45) is 5.41 Å². The molecule has 0 aromatic heterocycles. The van der Waals surface area contributed by atoms with Crippen LogP contribution in [0.3, 0.4) is 0 Å². The number of benzene rings is 1. The highest BCUT2D eigenvalue weighted by molar-refractivity contribution is 9.10. The lowest BCUT2D eigenvalue weighted by molar-refractivity contribution is 0.117. The maximum Gasteiger partial charge on any atom is 0.0210 e. The molecule has 2 heteroatoms. The topological polar surface area (TPSA) is 12.0 Å². The van der Waals surface area contributed by atoms with Gasteiger partial charge in [0.25, 0.3) is 0 Å². The SMILES string of the molecule is Brc1ccccc1C1CNCCC12CCCCCCC2. The first-order valence-corrected chi connectivity index (χ1v) is 9.06. The first kappa shape index (κ1) is 14.6. The molecular formula is C18H26BrN. The molecule has 2 aliphatic rings. The molecule has 1 aromatic carbocycles. The van der Waals surface area contributed by atoms with Gasteiger partial charge in [0, 0.05) is 16.9 Å². The average Bonchev–Trinajstić information content (AvgIpc) is 2.45. The molecule has 2 fully saturated rings. The molecule has 1 aliphatic carbocycles. The van der Waals surface area contributed by atoms with Crippen LogP contribution in [0.1, 0.15) is 62.8 Å². The normalized spacial score (nSPS) is 26.9. The van der Waals surface area contributed by atoms with Crippen molar-refractivity contribution in [2.75, 3.05) is 13.1 Å². The van der Waals surface area contributed by atoms with Crippen molar-refractivity contribution in [3.63, 3.8) is 0 Å². The maximum atomic E-state index is 3.79. The summed E-state index contributed by atoms with van der Waals surface area (Å²) in [6, 6.07) is 8.88. The van der Waals surface area contributed by atoms with E-state index in [2.05, 4.69) is 45.5 Å². The maximum absolute atomic E-state index is 3.79. The van der Waals surface area contributed by atoms with Gasteiger partial charge in [0.05, 0.1) is 0 Å². The number of rotatable bonds is 1. The van der Waals surface area contributed by atoms with Crippen LogP contribution in [0, 0.1) is 5.41 Å². The number of piperidine rings is 1. The third-order valence-electron chi connectivity index (χ3n) is 5.52. The van der Waals surface area contributed by atoms with Crippen LogP contribution in [0.15, 0.2) is 28.7 Å². The van der Waals surface area contributed by atoms with E-state index >= 15 is 0 Å². The van der Waals surface area contributed by atoms with E-state index in [1.807, 2.05) is 0 Å². The van der Waals surface area contributed by atoms with E-state index in [-0.39, 0.29) is 0 Å². The van der Waals surface area contributed by atoms with Gasteiger partial charge in [-0.15, -0.1) is 0 Å². The lowest BCUT2D eigenvalue weighted by Gasteiger charge is -2.46. The molecule has 1 atom stereocenters. The lowest BCUT2D eigenvalue weighted by atomic mass is 9.62. The molecule has 0 amide bonds. The van der Waals surface area contributed by atoms with E-state index in [0.717, 1.165) is 6.54 Å². The van der Waals surface area contributed by atoms with Crippen LogP contribution >= 0.6 is 15.9 Å². The van der Waals surface area contributed by atoms with Gasteiger partial charge in [-0.25, -0.2) is 0 Å². The Bertz CT molecular complexity index is 435. The minimum absolute atomic E-state index is 0.551. The lowest BCUT2D eigenvalue weighted by Crippen LogP contribution is -2.44. The van der Waals surface area contributed by atoms with Gasteiger partial charge in [-0.05, 0) is 42.9 Å². The zero-order valence-corrected chi connectivity index (χ0v) is 13.9. The van der Waals surface area contributed by atoms with Crippen LogP contribution in [0.5, 0.6) is 0 Å². The third-order valence-corrected chi connectivity index (χ3v) is 6.24. The van der Waals surface area contributed by atoms with Crippen LogP contribution in [0.4, 0.5) is 0 Å². The minimum atomic E-state index is 0.551. The van der Waals surface area contributed by atoms with Gasteiger partial charge < -0.3 is 5.32 Å². The van der Waals surface area contributed by atoms with Crippen molar-refractivity contribution in [3.05, 3.63) is 34.3 Å². The fourth-order valence-electron chi connectivity index (χ4n) is 4.38. The number of nitrogens with one attached hydrogen (secondary N) is 1. The second-order valence-electron chi connectivity index (χ2n) is 6.66. The van der Waals surface area contributed by atoms with Gasteiger partial charge in [-0.1, -0.05) is 66.2 Å². The fraction of sp³-hybridized carbons (Fsp3) is 0.667. The van der Waals surface area contributed by atoms with Crippen molar-refractivity contribution in [3.8, 4) is 0 Å². The zero-order valence-electron chi connectivity index (χ0n) is 12.3. The molecule has 1 saturated heterocycles. The Morgan fingerprint density at radius 3 is 2.40 bits per heavy atom. The van der Waals surface area contributed by atoms with Crippen molar-refractivity contribution in [1.29, 1.82) is 0 Å². The molecule has 0 bridgehead atoms. The van der Waals surface area contributed by atoms with E-state index in [4.69, 9.17) is 0 Å². The summed E-state index contributed by atoms with van der Waals surface area (Å²) in [5, 5.41) is 3.65. The fourth-order valence-corrected chi connectivity index (χ4v) is 4.94. The Morgan fingerprint density at radius 2 is 1.65 bits per heavy atom. The monoisotopic (exact) mass is 335 g/mol. The van der Waals surface area contributed by atoms with Crippen molar-refractivity contribution < 1.29 is 0 Å². The van der Waals surface area contributed by atoms with Gasteiger partial charge in [-0.3, -0.25) is 0 Å². The molecule has 1 aliphatic heterocycles. The Labute approximate surface area is 131 Å². The summed E-state index contributed by atoms with van der Waals surface area (Å²) in [6.07, 6.45) is 11.4. The smallest absolute Gasteiger partial charge is 0.0210 e. The first-order valence-electron chi connectivity index (χ1n) is 8.27. The molecule has 1 spiro atoms. The molecule has 110 valence electrons. The summed E-state index contributed by atoms with van der Waals surface area (Å²) in [6.45, 7) is 2.36. The Balaban J connectivity index is 1.91. The van der Waals surface area contributed by atoms with E-state index < -0.39 is 0 Å². The van der Waals surface area contributed by atoms with Gasteiger partial charge in [0.2, 0.25) is 0 Å². The van der Waals surface area contributed by atoms with Crippen molar-refractivity contribution in [2.45, 2.75) is 57.3 Å². The summed E-state index contributed by atoms with van der Waals surface area (Å²) >= 11 is 3.79. The van der Waals surface area contributed by atoms with E-state index in [0.29, 0.717) is 11.3 Å². The van der Waals surface area contributed by atoms with Crippen molar-refractivity contribution in [1.82, 2.24) is 5.32 Å². The summed E-state index contributed by atoms with van der Waals surface area (Å²) in [7, 11) is 0. The highest BCUT2D eigenvalue weighted by Crippen LogP contribution is 2.50. The summed E-state index contributed by atoms with van der Waals surface area (Å²) < 4.78 is 1.30. The standard InChI is InChI=1S/C18H26BrN/c19-17-9-5-4-8-15(17)16-14-20-13-12-18(16)10-6-2-1-3-7-11-18/h4-5,8-9,16,20H,1-3,6-7,10-14H2. The molecule has 1 unspecified atom stereocenters. The van der Waals surface area contributed by atoms with Gasteiger partial charge in [-0.2, -0.15) is 0 Å². The molecule has 20 heavy (non-hydrogen) atoms. The predicted molar refractivity (Wildman–Crippen MR) is 89.1 cm³/mol. The van der Waals surface area contributed by atoms with Crippen LogP contribution in [0.2, 0.25) is 0 Å². The van der Waals surface area contributed by atoms with Gasteiger partial charge >= 0.3 is 0 Å². The van der Waals surface area contributed by atoms with E-state index in [1.54, 1.807) is 0 Å². The molecular weight excluding hydrogens is 310 g/mol. The molecule has 1 aromatic rings. The number of halogens is 1. The molecule has 3 rings (SSSR count). The predicted octanol–water partition coefficient (Wildman–Crippen LogP) is 5.26. The van der Waals surface area contributed by atoms with E-state index in [9.17, 15) is 0 Å². The number of hydrogen-bond donors (Lipinski definition) is 1. The van der Waals surface area contributed by atoms with Crippen LogP contribution in [-0.2, 0) is 0 Å². The average molecular weight is 336 g/mol. The second kappa shape index (κ2) is 6.62. The molecule has 1 N–H and O–H groups in total. The zero-order chi connectivity index (χ0) is 13.8. The van der Waals surface area contributed by atoms with Gasteiger partial charge in [0.1, 0.15) is 0 Å². The quantitative estimate of drug-likeness (QED) is 0.738. The highest BCUT2D eigenvalue weighted by atomic mass is 79.9. The first-order chi connectivity index (χ1) is 9.82. The summed E-state index contributed by atoms with van der Waals surface area (Å²) in [5.74, 6) is 0.685. The van der Waals surface area contributed by atoms with Crippen molar-refractivity contribution >= 4 is 15.9 Å². The Kier molecular flexibility index (Phi) is 4.83. The Morgan fingerprint density at radius 1 is 0.950 bits per heavy atom. The van der Waals surface area contributed by atoms with Crippen LogP contribution in [-0.4, -0.2) is 13.1 Å². The van der Waals surface area contributed by atoms with Crippen LogP contribution < -0.4 is 5.32 Å². The second-order valence-corrected chi connectivity index (χ2v) is 7.51. The minimum Gasteiger partial charge on any atom is -0.316 e. The Hall–Kier alpha value is -0.340. The third kappa shape index (κ3) is 2.96. The summed E-state index contributed by atoms with van der Waals surface area (Å²) in [5.41, 5.74) is 2.08. The molecule has 0 radical (unpaired) electrons. The number of hydrogen-bond acceptors (Lipinski definition) is 1. The largest absolute Gasteiger partial charge is 0.316 e. The van der Waals surface area contributed by atoms with Crippen LogP contribution in [0.25, 0.3) is 0 Å². The summed E-state index contributed by atoms with van der Waals surface area (Å²) in [4.78, 5) is 0. The van der Waals surface area contributed by atoms with Gasteiger partial charge in [0.15, 0.2) is 0 Å². The molecule has 1 nitrogen and oxygen atoms in total. The molecule has 1 heterocycles.